The van der Waals surface area contributed by atoms with Crippen molar-refractivity contribution >= 4 is 5.91 Å². The number of rotatable bonds is 5. The van der Waals surface area contributed by atoms with Gasteiger partial charge >= 0.3 is 0 Å². The summed E-state index contributed by atoms with van der Waals surface area (Å²) in [5, 5.41) is 7.74. The quantitative estimate of drug-likeness (QED) is 0.833. The van der Waals surface area contributed by atoms with Gasteiger partial charge < -0.3 is 10.1 Å². The van der Waals surface area contributed by atoms with Crippen LogP contribution in [0.3, 0.4) is 0 Å². The van der Waals surface area contributed by atoms with Gasteiger partial charge in [-0.1, -0.05) is 0 Å². The van der Waals surface area contributed by atoms with Crippen molar-refractivity contribution in [3.63, 3.8) is 0 Å². The minimum atomic E-state index is -1.01. The van der Waals surface area contributed by atoms with Crippen LogP contribution in [0.5, 0.6) is 0 Å². The molecule has 2 aliphatic rings. The van der Waals surface area contributed by atoms with E-state index in [-0.39, 0.29) is 17.5 Å². The number of hydrogen-bond acceptors (Lipinski definition) is 4. The number of carbonyl (C=O) groups excluding carboxylic acids is 1. The Hall–Kier alpha value is -2.32. The molecule has 8 heteroatoms. The van der Waals surface area contributed by atoms with Crippen LogP contribution < -0.4 is 5.32 Å². The maximum absolute atomic E-state index is 13.4. The largest absolute Gasteiger partial charge is 0.376 e. The molecule has 1 N–H and O–H groups in total. The lowest BCUT2D eigenvalue weighted by molar-refractivity contribution is 0.0897. The lowest BCUT2D eigenvalue weighted by Gasteiger charge is -2.33. The number of halogens is 2. The van der Waals surface area contributed by atoms with Crippen LogP contribution in [0.2, 0.25) is 0 Å². The van der Waals surface area contributed by atoms with Gasteiger partial charge in [-0.05, 0) is 44.5 Å². The van der Waals surface area contributed by atoms with Gasteiger partial charge in [0.25, 0.3) is 5.91 Å². The number of hydrogen-bond donors (Lipinski definition) is 1. The van der Waals surface area contributed by atoms with Crippen LogP contribution in [-0.4, -0.2) is 46.3 Å². The van der Waals surface area contributed by atoms with Crippen LogP contribution in [0.1, 0.15) is 47.1 Å². The highest BCUT2D eigenvalue weighted by Gasteiger charge is 2.26. The molecular weight excluding hydrogens is 378 g/mol. The van der Waals surface area contributed by atoms with E-state index in [1.807, 2.05) is 0 Å². The summed E-state index contributed by atoms with van der Waals surface area (Å²) in [4.78, 5) is 14.7. The Kier molecular flexibility index (Phi) is 5.91. The summed E-state index contributed by atoms with van der Waals surface area (Å²) in [6, 6.07) is 3.18. The lowest BCUT2D eigenvalue weighted by atomic mass is 10.0. The Morgan fingerprint density at radius 2 is 2.21 bits per heavy atom. The Labute approximate surface area is 168 Å². The maximum atomic E-state index is 13.4. The van der Waals surface area contributed by atoms with Crippen LogP contribution in [0.15, 0.2) is 18.2 Å². The fraction of sp³-hybridized carbons (Fsp3) is 0.524. The molecule has 1 saturated heterocycles. The fourth-order valence-electron chi connectivity index (χ4n) is 4.20. The van der Waals surface area contributed by atoms with Crippen LogP contribution >= 0.6 is 0 Å². The molecule has 2 aliphatic heterocycles. The van der Waals surface area contributed by atoms with Gasteiger partial charge in [-0.3, -0.25) is 14.4 Å². The zero-order valence-electron chi connectivity index (χ0n) is 16.6. The number of fused-ring (bicyclic) bond motifs is 1. The molecule has 1 aromatic heterocycles. The molecule has 156 valence electrons. The van der Waals surface area contributed by atoms with Crippen molar-refractivity contribution in [2.45, 2.75) is 51.9 Å². The van der Waals surface area contributed by atoms with Gasteiger partial charge in [-0.25, -0.2) is 8.78 Å². The molecule has 3 heterocycles. The highest BCUT2D eigenvalue weighted by Crippen LogP contribution is 2.23. The van der Waals surface area contributed by atoms with Crippen molar-refractivity contribution in [3.8, 4) is 0 Å². The lowest BCUT2D eigenvalue weighted by Crippen LogP contribution is -2.47. The molecule has 1 atom stereocenters. The van der Waals surface area contributed by atoms with Crippen LogP contribution in [-0.2, 0) is 30.9 Å². The Morgan fingerprint density at radius 3 is 3.00 bits per heavy atom. The molecule has 0 radical (unpaired) electrons. The van der Waals surface area contributed by atoms with Crippen LogP contribution in [0.4, 0.5) is 8.78 Å². The van der Waals surface area contributed by atoms with Gasteiger partial charge in [-0.15, -0.1) is 0 Å². The third-order valence-electron chi connectivity index (χ3n) is 5.67. The molecule has 0 spiro atoms. The molecular formula is C21H26F2N4O2. The number of amides is 1. The zero-order valence-corrected chi connectivity index (χ0v) is 16.6. The molecule has 1 fully saturated rings. The van der Waals surface area contributed by atoms with Crippen molar-refractivity contribution in [3.05, 3.63) is 52.3 Å². The first-order valence-corrected chi connectivity index (χ1v) is 10.2. The molecule has 1 amide bonds. The Morgan fingerprint density at radius 1 is 1.34 bits per heavy atom. The SMILES string of the molecule is CCn1nc(CN2CCC[C@H](NC(=O)c3ccc(F)c(F)c3)C2)c2c1CCOC2. The number of aromatic nitrogens is 2. The van der Waals surface area contributed by atoms with E-state index in [9.17, 15) is 13.6 Å². The fourth-order valence-corrected chi connectivity index (χ4v) is 4.20. The van der Waals surface area contributed by atoms with E-state index in [1.165, 1.54) is 17.3 Å². The molecule has 0 bridgehead atoms. The van der Waals surface area contributed by atoms with Crippen molar-refractivity contribution in [1.82, 2.24) is 20.0 Å². The topological polar surface area (TPSA) is 59.4 Å². The van der Waals surface area contributed by atoms with E-state index in [4.69, 9.17) is 9.84 Å². The second-order valence-electron chi connectivity index (χ2n) is 7.67. The first-order valence-electron chi connectivity index (χ1n) is 10.2. The molecule has 29 heavy (non-hydrogen) atoms. The monoisotopic (exact) mass is 404 g/mol. The Balaban J connectivity index is 1.40. The van der Waals surface area contributed by atoms with Gasteiger partial charge in [0, 0.05) is 48.9 Å². The number of likely N-dealkylation sites (tertiary alicyclic amines) is 1. The number of nitrogens with one attached hydrogen (secondary N) is 1. The number of aryl methyl sites for hydroxylation is 1. The minimum absolute atomic E-state index is 0.0373. The summed E-state index contributed by atoms with van der Waals surface area (Å²) in [5.41, 5.74) is 3.66. The van der Waals surface area contributed by atoms with Crippen molar-refractivity contribution < 1.29 is 18.3 Å². The number of carbonyl (C=O) groups is 1. The average Bonchev–Trinajstić information content (AvgIpc) is 3.08. The predicted octanol–water partition coefficient (Wildman–Crippen LogP) is 2.65. The van der Waals surface area contributed by atoms with E-state index in [0.29, 0.717) is 13.2 Å². The smallest absolute Gasteiger partial charge is 0.251 e. The zero-order chi connectivity index (χ0) is 20.4. The van der Waals surface area contributed by atoms with Crippen molar-refractivity contribution in [2.75, 3.05) is 19.7 Å². The summed E-state index contributed by atoms with van der Waals surface area (Å²) in [6.07, 6.45) is 2.70. The third kappa shape index (κ3) is 4.33. The summed E-state index contributed by atoms with van der Waals surface area (Å²) in [7, 11) is 0. The normalized spacial score (nSPS) is 19.8. The Bertz CT molecular complexity index is 899. The van der Waals surface area contributed by atoms with Gasteiger partial charge in [0.1, 0.15) is 0 Å². The molecule has 1 aromatic carbocycles. The second-order valence-corrected chi connectivity index (χ2v) is 7.67. The van der Waals surface area contributed by atoms with Gasteiger partial charge in [0.2, 0.25) is 0 Å². The first kappa shape index (κ1) is 20.0. The van der Waals surface area contributed by atoms with E-state index in [1.54, 1.807) is 0 Å². The highest BCUT2D eigenvalue weighted by atomic mass is 19.2. The number of nitrogens with zero attached hydrogens (tertiary/aromatic N) is 3. The number of piperidine rings is 1. The van der Waals surface area contributed by atoms with E-state index in [0.717, 1.165) is 63.3 Å². The van der Waals surface area contributed by atoms with E-state index < -0.39 is 11.6 Å². The average molecular weight is 404 g/mol. The van der Waals surface area contributed by atoms with E-state index >= 15 is 0 Å². The van der Waals surface area contributed by atoms with Crippen molar-refractivity contribution in [2.24, 2.45) is 0 Å². The summed E-state index contributed by atoms with van der Waals surface area (Å²) in [5.74, 6) is -2.34. The maximum Gasteiger partial charge on any atom is 0.251 e. The summed E-state index contributed by atoms with van der Waals surface area (Å²) < 4.78 is 34.2. The number of ether oxygens (including phenoxy) is 1. The summed E-state index contributed by atoms with van der Waals surface area (Å²) >= 11 is 0. The highest BCUT2D eigenvalue weighted by molar-refractivity contribution is 5.94. The molecule has 0 saturated carbocycles. The van der Waals surface area contributed by atoms with E-state index in [2.05, 4.69) is 21.8 Å². The molecule has 0 unspecified atom stereocenters. The number of benzene rings is 1. The molecule has 4 rings (SSSR count). The molecule has 0 aliphatic carbocycles. The standard InChI is InChI=1S/C21H26F2N4O2/c1-2-27-20-7-9-29-13-16(20)19(25-27)12-26-8-3-4-15(11-26)24-21(28)14-5-6-17(22)18(23)10-14/h5-6,10,15H,2-4,7-9,11-13H2,1H3,(H,24,28)/t15-/m0/s1. The minimum Gasteiger partial charge on any atom is -0.376 e. The van der Waals surface area contributed by atoms with Crippen LogP contribution in [0, 0.1) is 11.6 Å². The molecule has 6 nitrogen and oxygen atoms in total. The van der Waals surface area contributed by atoms with Gasteiger partial charge in [-0.2, -0.15) is 5.10 Å². The predicted molar refractivity (Wildman–Crippen MR) is 103 cm³/mol. The first-order chi connectivity index (χ1) is 14.0. The van der Waals surface area contributed by atoms with Gasteiger partial charge in [0.15, 0.2) is 11.6 Å². The molecule has 2 aromatic rings. The van der Waals surface area contributed by atoms with Gasteiger partial charge in [0.05, 0.1) is 18.9 Å². The second kappa shape index (κ2) is 8.59. The van der Waals surface area contributed by atoms with Crippen LogP contribution in [0.25, 0.3) is 0 Å². The summed E-state index contributed by atoms with van der Waals surface area (Å²) in [6.45, 7) is 6.63. The third-order valence-corrected chi connectivity index (χ3v) is 5.67. The van der Waals surface area contributed by atoms with Crippen molar-refractivity contribution in [1.29, 1.82) is 0 Å².